The summed E-state index contributed by atoms with van der Waals surface area (Å²) < 4.78 is 34.9. The Kier molecular flexibility index (Phi) is 40.7. The van der Waals surface area contributed by atoms with Crippen LogP contribution in [0.4, 0.5) is 4.79 Å². The number of ether oxygens (including phenoxy) is 6. The first-order chi connectivity index (χ1) is 30.7. The van der Waals surface area contributed by atoms with E-state index in [1.165, 1.54) is 0 Å². The zero-order valence-electron chi connectivity index (χ0n) is 41.3. The summed E-state index contributed by atoms with van der Waals surface area (Å²) in [5, 5.41) is -0.322. The van der Waals surface area contributed by atoms with Crippen molar-refractivity contribution in [3.05, 3.63) is 0 Å². The highest BCUT2D eigenvalue weighted by molar-refractivity contribution is 6.62. The molecule has 0 aliphatic carbocycles. The van der Waals surface area contributed by atoms with Gasteiger partial charge in [0.2, 0.25) is 0 Å². The second-order valence-corrected chi connectivity index (χ2v) is 18.4. The molecule has 0 spiro atoms. The minimum atomic E-state index is -0.344. The van der Waals surface area contributed by atoms with Crippen LogP contribution in [0.3, 0.4) is 0 Å². The van der Waals surface area contributed by atoms with E-state index >= 15 is 0 Å². The molecular formula is C51H97ClN2O9. The molecule has 1 amide bonds. The Labute approximate surface area is 391 Å². The molecule has 0 radical (unpaired) electrons. The van der Waals surface area contributed by atoms with Crippen molar-refractivity contribution in [1.29, 1.82) is 0 Å². The third-order valence-electron chi connectivity index (χ3n) is 12.2. The first-order valence-corrected chi connectivity index (χ1v) is 26.5. The number of halogens is 1. The minimum Gasteiger partial charge on any atom is -0.466 e. The number of carbonyl (C=O) groups is 3. The third kappa shape index (κ3) is 35.4. The van der Waals surface area contributed by atoms with Crippen molar-refractivity contribution in [3.63, 3.8) is 0 Å². The Bertz CT molecular complexity index is 980. The van der Waals surface area contributed by atoms with Crippen molar-refractivity contribution in [3.8, 4) is 0 Å². The molecule has 0 aromatic heterocycles. The fourth-order valence-electron chi connectivity index (χ4n) is 8.05. The zero-order chi connectivity index (χ0) is 46.0. The largest absolute Gasteiger partial charge is 0.466 e. The van der Waals surface area contributed by atoms with Gasteiger partial charge in [0.25, 0.3) is 0 Å². The van der Waals surface area contributed by atoms with Gasteiger partial charge >= 0.3 is 17.3 Å². The summed E-state index contributed by atoms with van der Waals surface area (Å²) >= 11 is 6.31. The van der Waals surface area contributed by atoms with Crippen LogP contribution in [-0.2, 0) is 38.0 Å². The van der Waals surface area contributed by atoms with Crippen LogP contribution in [0.25, 0.3) is 0 Å². The molecule has 0 unspecified atom stereocenters. The molecule has 1 fully saturated rings. The SMILES string of the molecule is CCCCCOC(CCC(=O)OCCCCCCCC(CCCCCCCOC(=O)CCC(OCCCCC)OCCCCC)N(CC1CCN(C)CC1)C(=O)Cl)OCCCCC. The molecule has 372 valence electrons. The van der Waals surface area contributed by atoms with Gasteiger partial charge in [0.1, 0.15) is 0 Å². The summed E-state index contributed by atoms with van der Waals surface area (Å²) in [5.41, 5.74) is 0. The number of likely N-dealkylation sites (tertiary alicyclic amines) is 1. The van der Waals surface area contributed by atoms with Crippen LogP contribution >= 0.6 is 11.6 Å². The number of nitrogens with zero attached hydrogens (tertiary/aromatic N) is 2. The predicted octanol–water partition coefficient (Wildman–Crippen LogP) is 13.2. The lowest BCUT2D eigenvalue weighted by atomic mass is 9.94. The summed E-state index contributed by atoms with van der Waals surface area (Å²) in [6.45, 7) is 15.1. The van der Waals surface area contributed by atoms with E-state index in [1.54, 1.807) is 0 Å². The standard InChI is InChI=1S/C51H97ClN2O9/c1-6-10-22-40-60-49(61-41-23-11-7-2)32-30-47(55)58-38-26-18-14-16-20-28-46(54(51(52)57)44-45-34-36-53(5)37-35-45)29-21-17-15-19-27-39-59-48(56)31-33-50(62-42-24-12-8-3)63-43-25-13-9-4/h45-46,49-50H,6-44H2,1-5H3. The summed E-state index contributed by atoms with van der Waals surface area (Å²) in [7, 11) is 2.16. The van der Waals surface area contributed by atoms with Crippen molar-refractivity contribution >= 4 is 28.9 Å². The molecule has 0 bridgehead atoms. The maximum absolute atomic E-state index is 12.9. The summed E-state index contributed by atoms with van der Waals surface area (Å²) in [6, 6.07) is 0.140. The second-order valence-electron chi connectivity index (χ2n) is 18.1. The second kappa shape index (κ2) is 43.1. The van der Waals surface area contributed by atoms with Crippen molar-refractivity contribution in [1.82, 2.24) is 9.80 Å². The van der Waals surface area contributed by atoms with Gasteiger partial charge in [-0.05, 0) is 102 Å². The van der Waals surface area contributed by atoms with Crippen LogP contribution in [0.2, 0.25) is 0 Å². The highest BCUT2D eigenvalue weighted by Gasteiger charge is 2.27. The summed E-state index contributed by atoms with van der Waals surface area (Å²) in [4.78, 5) is 42.2. The number of hydrogen-bond donors (Lipinski definition) is 0. The number of rotatable bonds is 45. The third-order valence-corrected chi connectivity index (χ3v) is 12.4. The van der Waals surface area contributed by atoms with Gasteiger partial charge in [-0.1, -0.05) is 130 Å². The molecule has 0 aromatic rings. The number of hydrogen-bond acceptors (Lipinski definition) is 10. The fraction of sp³-hybridized carbons (Fsp3) is 0.941. The van der Waals surface area contributed by atoms with E-state index < -0.39 is 0 Å². The van der Waals surface area contributed by atoms with Crippen molar-refractivity contribution < 1.29 is 42.8 Å². The van der Waals surface area contributed by atoms with E-state index in [9.17, 15) is 14.4 Å². The van der Waals surface area contributed by atoms with E-state index in [2.05, 4.69) is 39.6 Å². The van der Waals surface area contributed by atoms with Gasteiger partial charge in [-0.15, -0.1) is 0 Å². The number of esters is 2. The Morgan fingerprint density at radius 1 is 0.508 bits per heavy atom. The molecule has 11 nitrogen and oxygen atoms in total. The Balaban J connectivity index is 2.43. The normalized spacial score (nSPS) is 13.7. The van der Waals surface area contributed by atoms with E-state index in [-0.39, 0.29) is 35.9 Å². The molecular weight excluding hydrogens is 820 g/mol. The Morgan fingerprint density at radius 2 is 0.857 bits per heavy atom. The lowest BCUT2D eigenvalue weighted by Crippen LogP contribution is -2.43. The van der Waals surface area contributed by atoms with Gasteiger partial charge < -0.3 is 38.2 Å². The van der Waals surface area contributed by atoms with Crippen LogP contribution in [-0.4, -0.2) is 112 Å². The number of piperidine rings is 1. The lowest BCUT2D eigenvalue weighted by molar-refractivity contribution is -0.159. The van der Waals surface area contributed by atoms with Gasteiger partial charge in [0.05, 0.1) is 26.1 Å². The van der Waals surface area contributed by atoms with Crippen molar-refractivity contribution in [2.24, 2.45) is 5.92 Å². The molecule has 1 heterocycles. The number of unbranched alkanes of at least 4 members (excludes halogenated alkanes) is 16. The molecule has 0 atom stereocenters. The quantitative estimate of drug-likeness (QED) is 0.0192. The maximum atomic E-state index is 12.9. The van der Waals surface area contributed by atoms with Crippen LogP contribution in [0.1, 0.15) is 220 Å². The summed E-state index contributed by atoms with van der Waals surface area (Å²) in [5.74, 6) is 0.124. The summed E-state index contributed by atoms with van der Waals surface area (Å²) in [6.07, 6.45) is 28.3. The Hall–Kier alpha value is -1.50. The van der Waals surface area contributed by atoms with Gasteiger partial charge in [0, 0.05) is 51.9 Å². The molecule has 0 saturated carbocycles. The molecule has 1 saturated heterocycles. The molecule has 0 N–H and O–H groups in total. The van der Waals surface area contributed by atoms with Gasteiger partial charge in [-0.2, -0.15) is 0 Å². The van der Waals surface area contributed by atoms with E-state index in [0.29, 0.717) is 71.2 Å². The van der Waals surface area contributed by atoms with Crippen molar-refractivity contribution in [2.45, 2.75) is 239 Å². The molecule has 63 heavy (non-hydrogen) atoms. The average Bonchev–Trinajstić information content (AvgIpc) is 3.27. The smallest absolute Gasteiger partial charge is 0.316 e. The lowest BCUT2D eigenvalue weighted by Gasteiger charge is -2.36. The predicted molar refractivity (Wildman–Crippen MR) is 257 cm³/mol. The van der Waals surface area contributed by atoms with Crippen LogP contribution in [0.15, 0.2) is 0 Å². The van der Waals surface area contributed by atoms with Crippen LogP contribution in [0, 0.1) is 5.92 Å². The molecule has 0 aromatic carbocycles. The van der Waals surface area contributed by atoms with E-state index in [0.717, 1.165) is 187 Å². The zero-order valence-corrected chi connectivity index (χ0v) is 42.1. The minimum absolute atomic E-state index is 0.140. The van der Waals surface area contributed by atoms with E-state index in [1.807, 2.05) is 4.90 Å². The molecule has 1 aliphatic heterocycles. The number of amides is 1. The highest BCUT2D eigenvalue weighted by Crippen LogP contribution is 2.25. The number of carbonyl (C=O) groups excluding carboxylic acids is 3. The van der Waals surface area contributed by atoms with Crippen molar-refractivity contribution in [2.75, 3.05) is 66.3 Å². The maximum Gasteiger partial charge on any atom is 0.316 e. The fourth-order valence-corrected chi connectivity index (χ4v) is 8.26. The molecule has 1 rings (SSSR count). The first kappa shape index (κ1) is 59.5. The van der Waals surface area contributed by atoms with Gasteiger partial charge in [0.15, 0.2) is 12.6 Å². The van der Waals surface area contributed by atoms with E-state index in [4.69, 9.17) is 40.0 Å². The van der Waals surface area contributed by atoms with Crippen LogP contribution in [0.5, 0.6) is 0 Å². The average molecular weight is 918 g/mol. The van der Waals surface area contributed by atoms with Gasteiger partial charge in [-0.3, -0.25) is 14.4 Å². The van der Waals surface area contributed by atoms with Crippen LogP contribution < -0.4 is 0 Å². The molecule has 1 aliphatic rings. The van der Waals surface area contributed by atoms with Gasteiger partial charge in [-0.25, -0.2) is 0 Å². The Morgan fingerprint density at radius 3 is 1.22 bits per heavy atom. The topological polar surface area (TPSA) is 113 Å². The molecule has 12 heteroatoms. The monoisotopic (exact) mass is 917 g/mol. The highest BCUT2D eigenvalue weighted by atomic mass is 35.5. The first-order valence-electron chi connectivity index (χ1n) is 26.2.